The van der Waals surface area contributed by atoms with Gasteiger partial charge in [0.25, 0.3) is 0 Å². The van der Waals surface area contributed by atoms with E-state index in [0.717, 1.165) is 0 Å². The summed E-state index contributed by atoms with van der Waals surface area (Å²) in [6, 6.07) is 14.6. The van der Waals surface area contributed by atoms with Gasteiger partial charge in [0.1, 0.15) is 0 Å². The standard InChI is InChI=1S/C20H18N2S2/c1-20(10-2-3-11-20)23-17-9-8-16-13-22-24-19(16)18(17)15-6-4-14(12-21)5-7-15/h4-9,13H,2-3,10-11H2,1H3. The van der Waals surface area contributed by atoms with E-state index in [9.17, 15) is 0 Å². The number of nitrogens with zero attached hydrogens (tertiary/aromatic N) is 2. The normalized spacial score (nSPS) is 16.3. The van der Waals surface area contributed by atoms with Gasteiger partial charge < -0.3 is 0 Å². The maximum absolute atomic E-state index is 9.05. The third-order valence-corrected chi connectivity index (χ3v) is 7.10. The van der Waals surface area contributed by atoms with Crippen molar-refractivity contribution >= 4 is 33.4 Å². The highest BCUT2D eigenvalue weighted by molar-refractivity contribution is 8.00. The average Bonchev–Trinajstić information content (AvgIpc) is 3.24. The lowest BCUT2D eigenvalue weighted by atomic mass is 10.0. The molecule has 0 atom stereocenters. The molecule has 1 aliphatic carbocycles. The molecule has 1 heterocycles. The molecule has 2 aromatic carbocycles. The lowest BCUT2D eigenvalue weighted by molar-refractivity contribution is 0.673. The quantitative estimate of drug-likeness (QED) is 0.559. The Balaban J connectivity index is 1.85. The molecule has 0 amide bonds. The van der Waals surface area contributed by atoms with Crippen molar-refractivity contribution in [2.75, 3.05) is 0 Å². The molecular weight excluding hydrogens is 332 g/mol. The van der Waals surface area contributed by atoms with E-state index in [0.29, 0.717) is 10.3 Å². The highest BCUT2D eigenvalue weighted by atomic mass is 32.2. The number of aromatic nitrogens is 1. The highest BCUT2D eigenvalue weighted by Crippen LogP contribution is 2.49. The predicted octanol–water partition coefficient (Wildman–Crippen LogP) is 6.26. The Kier molecular flexibility index (Phi) is 4.07. The van der Waals surface area contributed by atoms with E-state index in [1.54, 1.807) is 11.5 Å². The Morgan fingerprint density at radius 1 is 1.12 bits per heavy atom. The van der Waals surface area contributed by atoms with E-state index in [1.807, 2.05) is 30.1 Å². The number of rotatable bonds is 3. The second-order valence-corrected chi connectivity index (χ2v) is 9.06. The van der Waals surface area contributed by atoms with Crippen LogP contribution >= 0.6 is 23.3 Å². The van der Waals surface area contributed by atoms with Crippen LogP contribution in [0.1, 0.15) is 38.2 Å². The van der Waals surface area contributed by atoms with Crippen molar-refractivity contribution in [3.8, 4) is 17.2 Å². The van der Waals surface area contributed by atoms with Gasteiger partial charge in [-0.3, -0.25) is 0 Å². The van der Waals surface area contributed by atoms with E-state index in [4.69, 9.17) is 5.26 Å². The molecule has 24 heavy (non-hydrogen) atoms. The predicted molar refractivity (Wildman–Crippen MR) is 103 cm³/mol. The molecule has 1 aliphatic rings. The Morgan fingerprint density at radius 3 is 2.58 bits per heavy atom. The van der Waals surface area contributed by atoms with Crippen molar-refractivity contribution in [2.24, 2.45) is 0 Å². The Labute approximate surface area is 150 Å². The summed E-state index contributed by atoms with van der Waals surface area (Å²) in [6.07, 6.45) is 7.17. The molecule has 4 rings (SSSR count). The van der Waals surface area contributed by atoms with Gasteiger partial charge in [-0.1, -0.05) is 38.0 Å². The van der Waals surface area contributed by atoms with Crippen LogP contribution in [0.15, 0.2) is 47.5 Å². The molecule has 0 unspecified atom stereocenters. The van der Waals surface area contributed by atoms with Gasteiger partial charge in [-0.2, -0.15) is 9.64 Å². The van der Waals surface area contributed by atoms with Gasteiger partial charge in [0, 0.05) is 26.8 Å². The summed E-state index contributed by atoms with van der Waals surface area (Å²) >= 11 is 3.58. The van der Waals surface area contributed by atoms with Crippen molar-refractivity contribution in [3.63, 3.8) is 0 Å². The third kappa shape index (κ3) is 2.83. The first-order valence-electron chi connectivity index (χ1n) is 8.25. The average molecular weight is 351 g/mol. The molecule has 3 aromatic rings. The molecular formula is C20H18N2S2. The number of hydrogen-bond acceptors (Lipinski definition) is 4. The number of nitriles is 1. The molecule has 1 aromatic heterocycles. The van der Waals surface area contributed by atoms with E-state index in [2.05, 4.69) is 41.6 Å². The number of thioether (sulfide) groups is 1. The Hall–Kier alpha value is -1.83. The fraction of sp³-hybridized carbons (Fsp3) is 0.300. The number of hydrogen-bond donors (Lipinski definition) is 0. The van der Waals surface area contributed by atoms with E-state index in [1.165, 1.54) is 51.8 Å². The fourth-order valence-electron chi connectivity index (χ4n) is 3.48. The van der Waals surface area contributed by atoms with Crippen LogP contribution in [0, 0.1) is 11.3 Å². The molecule has 4 heteroatoms. The maximum Gasteiger partial charge on any atom is 0.0991 e. The topological polar surface area (TPSA) is 36.7 Å². The lowest BCUT2D eigenvalue weighted by Gasteiger charge is -2.24. The molecule has 0 saturated heterocycles. The summed E-state index contributed by atoms with van der Waals surface area (Å²) in [5.74, 6) is 0. The second kappa shape index (κ2) is 6.23. The molecule has 0 N–H and O–H groups in total. The summed E-state index contributed by atoms with van der Waals surface area (Å²) in [4.78, 5) is 1.33. The van der Waals surface area contributed by atoms with E-state index >= 15 is 0 Å². The van der Waals surface area contributed by atoms with Crippen LogP contribution in [0.2, 0.25) is 0 Å². The summed E-state index contributed by atoms with van der Waals surface area (Å²) in [5.41, 5.74) is 3.15. The highest BCUT2D eigenvalue weighted by Gasteiger charge is 2.31. The largest absolute Gasteiger partial charge is 0.200 e. The minimum absolute atomic E-state index is 0.333. The fourth-order valence-corrected chi connectivity index (χ4v) is 5.84. The van der Waals surface area contributed by atoms with Crippen LogP contribution in [-0.4, -0.2) is 9.12 Å². The van der Waals surface area contributed by atoms with Gasteiger partial charge in [0.05, 0.1) is 16.3 Å². The second-order valence-electron chi connectivity index (χ2n) is 6.63. The minimum atomic E-state index is 0.333. The molecule has 0 spiro atoms. The number of benzene rings is 2. The zero-order valence-corrected chi connectivity index (χ0v) is 15.2. The van der Waals surface area contributed by atoms with Crippen LogP contribution < -0.4 is 0 Å². The van der Waals surface area contributed by atoms with Crippen molar-refractivity contribution in [3.05, 3.63) is 48.2 Å². The molecule has 2 nitrogen and oxygen atoms in total. The summed E-state index contributed by atoms with van der Waals surface area (Å²) in [5, 5.41) is 10.2. The molecule has 0 radical (unpaired) electrons. The first-order valence-corrected chi connectivity index (χ1v) is 9.84. The Bertz CT molecular complexity index is 913. The van der Waals surface area contributed by atoms with Crippen molar-refractivity contribution in [2.45, 2.75) is 42.2 Å². The first kappa shape index (κ1) is 15.7. The first-order chi connectivity index (χ1) is 11.7. The SMILES string of the molecule is CC1(Sc2ccc3cnsc3c2-c2ccc(C#N)cc2)CCCC1. The smallest absolute Gasteiger partial charge is 0.0991 e. The van der Waals surface area contributed by atoms with Gasteiger partial charge in [-0.25, -0.2) is 0 Å². The van der Waals surface area contributed by atoms with Gasteiger partial charge >= 0.3 is 0 Å². The molecule has 0 bridgehead atoms. The molecule has 1 saturated carbocycles. The van der Waals surface area contributed by atoms with Gasteiger partial charge in [0.15, 0.2) is 0 Å². The maximum atomic E-state index is 9.05. The summed E-state index contributed by atoms with van der Waals surface area (Å²) in [7, 11) is 0. The lowest BCUT2D eigenvalue weighted by Crippen LogP contribution is -2.13. The van der Waals surface area contributed by atoms with E-state index in [-0.39, 0.29) is 0 Å². The molecule has 120 valence electrons. The van der Waals surface area contributed by atoms with Crippen LogP contribution in [0.25, 0.3) is 21.2 Å². The minimum Gasteiger partial charge on any atom is -0.200 e. The van der Waals surface area contributed by atoms with Crippen molar-refractivity contribution in [1.82, 2.24) is 4.37 Å². The monoisotopic (exact) mass is 350 g/mol. The summed E-state index contributed by atoms with van der Waals surface area (Å²) in [6.45, 7) is 2.39. The third-order valence-electron chi connectivity index (χ3n) is 4.81. The van der Waals surface area contributed by atoms with Crippen molar-refractivity contribution < 1.29 is 0 Å². The molecule has 1 fully saturated rings. The molecule has 0 aliphatic heterocycles. The van der Waals surface area contributed by atoms with Crippen LogP contribution in [0.3, 0.4) is 0 Å². The number of fused-ring (bicyclic) bond motifs is 1. The van der Waals surface area contributed by atoms with Gasteiger partial charge in [0.2, 0.25) is 0 Å². The van der Waals surface area contributed by atoms with E-state index < -0.39 is 0 Å². The van der Waals surface area contributed by atoms with Crippen LogP contribution in [0.4, 0.5) is 0 Å². The van der Waals surface area contributed by atoms with Crippen molar-refractivity contribution in [1.29, 1.82) is 5.26 Å². The van der Waals surface area contributed by atoms with Crippen LogP contribution in [-0.2, 0) is 0 Å². The summed E-state index contributed by atoms with van der Waals surface area (Å²) < 4.78 is 5.97. The Morgan fingerprint density at radius 2 is 1.88 bits per heavy atom. The zero-order valence-electron chi connectivity index (χ0n) is 13.6. The zero-order chi connectivity index (χ0) is 16.6. The van der Waals surface area contributed by atoms with Gasteiger partial charge in [-0.15, -0.1) is 11.8 Å². The van der Waals surface area contributed by atoms with Crippen LogP contribution in [0.5, 0.6) is 0 Å². The van der Waals surface area contributed by atoms with Gasteiger partial charge in [-0.05, 0) is 48.1 Å².